The van der Waals surface area contributed by atoms with Crippen molar-refractivity contribution in [3.05, 3.63) is 66.6 Å². The molecule has 0 atom stereocenters. The molecule has 0 saturated heterocycles. The molecule has 4 rings (SSSR count). The van der Waals surface area contributed by atoms with Crippen molar-refractivity contribution in [3.63, 3.8) is 0 Å². The summed E-state index contributed by atoms with van der Waals surface area (Å²) in [5.41, 5.74) is 4.02. The maximum atomic E-state index is 5.24. The molecule has 0 aliphatic rings. The van der Waals surface area contributed by atoms with Crippen LogP contribution >= 0.6 is 0 Å². The van der Waals surface area contributed by atoms with Gasteiger partial charge < -0.3 is 9.64 Å². The number of aryl methyl sites for hydroxylation is 1. The molecule has 0 fully saturated rings. The molecule has 4 aromatic rings. The first-order valence-electron chi connectivity index (χ1n) is 8.88. The lowest BCUT2D eigenvalue weighted by Gasteiger charge is -2.22. The Hall–Kier alpha value is -3.41. The molecule has 2 heterocycles. The van der Waals surface area contributed by atoms with Gasteiger partial charge in [0.2, 0.25) is 0 Å². The molecule has 0 bridgehead atoms. The van der Waals surface area contributed by atoms with Crippen molar-refractivity contribution in [1.29, 1.82) is 0 Å². The van der Waals surface area contributed by atoms with Crippen molar-refractivity contribution >= 4 is 22.5 Å². The number of nitrogens with zero attached hydrogens (tertiary/aromatic N) is 5. The Balaban J connectivity index is 1.82. The minimum absolute atomic E-state index is 0.774. The summed E-state index contributed by atoms with van der Waals surface area (Å²) in [4.78, 5) is 11.2. The van der Waals surface area contributed by atoms with Crippen LogP contribution in [0.25, 0.3) is 16.7 Å². The van der Waals surface area contributed by atoms with Gasteiger partial charge in [-0.15, -0.1) is 0 Å². The Morgan fingerprint density at radius 3 is 2.59 bits per heavy atom. The number of fused-ring (bicyclic) bond motifs is 1. The summed E-state index contributed by atoms with van der Waals surface area (Å²) in [6.45, 7) is 5.00. The molecular weight excluding hydrogens is 338 g/mol. The van der Waals surface area contributed by atoms with Crippen LogP contribution in [-0.2, 0) is 0 Å². The topological polar surface area (TPSA) is 56.1 Å². The summed E-state index contributed by atoms with van der Waals surface area (Å²) < 4.78 is 7.06. The Bertz CT molecular complexity index is 1070. The van der Waals surface area contributed by atoms with E-state index in [1.54, 1.807) is 13.4 Å². The van der Waals surface area contributed by atoms with Crippen molar-refractivity contribution in [3.8, 4) is 11.4 Å². The third-order valence-electron chi connectivity index (χ3n) is 4.55. The highest BCUT2D eigenvalue weighted by atomic mass is 16.5. The zero-order valence-electron chi connectivity index (χ0n) is 15.6. The van der Waals surface area contributed by atoms with Crippen LogP contribution in [0, 0.1) is 6.92 Å². The molecule has 2 aromatic heterocycles. The van der Waals surface area contributed by atoms with Gasteiger partial charge in [-0.2, -0.15) is 5.10 Å². The number of aromatic nitrogens is 4. The Labute approximate surface area is 158 Å². The van der Waals surface area contributed by atoms with E-state index in [0.29, 0.717) is 0 Å². The van der Waals surface area contributed by atoms with Gasteiger partial charge in [0, 0.05) is 12.2 Å². The van der Waals surface area contributed by atoms with Crippen LogP contribution in [0.2, 0.25) is 0 Å². The predicted octanol–water partition coefficient (Wildman–Crippen LogP) is 4.29. The number of ether oxygens (including phenoxy) is 1. The van der Waals surface area contributed by atoms with Gasteiger partial charge in [0.15, 0.2) is 5.65 Å². The highest BCUT2D eigenvalue weighted by molar-refractivity contribution is 5.90. The first-order chi connectivity index (χ1) is 13.2. The van der Waals surface area contributed by atoms with Crippen molar-refractivity contribution in [2.24, 2.45) is 0 Å². The van der Waals surface area contributed by atoms with E-state index >= 15 is 0 Å². The number of hydrogen-bond acceptors (Lipinski definition) is 5. The Morgan fingerprint density at radius 2 is 1.89 bits per heavy atom. The quantitative estimate of drug-likeness (QED) is 0.532. The summed E-state index contributed by atoms with van der Waals surface area (Å²) in [6, 6.07) is 16.2. The van der Waals surface area contributed by atoms with Gasteiger partial charge in [-0.25, -0.2) is 14.6 Å². The molecule has 0 radical (unpaired) electrons. The van der Waals surface area contributed by atoms with Crippen molar-refractivity contribution in [2.45, 2.75) is 13.8 Å². The molecule has 136 valence electrons. The summed E-state index contributed by atoms with van der Waals surface area (Å²) in [6.07, 6.45) is 3.42. The monoisotopic (exact) mass is 359 g/mol. The number of methoxy groups -OCH3 is 1. The fraction of sp³-hybridized carbons (Fsp3) is 0.190. The molecule has 0 spiro atoms. The molecule has 0 amide bonds. The highest BCUT2D eigenvalue weighted by Gasteiger charge is 2.17. The molecule has 2 aromatic carbocycles. The standard InChI is InChI=1S/C21H21N5O/c1-4-25(17-7-5-6-15(2)12-17)20-19-13-24-26(21(19)23-14-22-20)16-8-10-18(27-3)11-9-16/h5-14H,4H2,1-3H3. The third-order valence-corrected chi connectivity index (χ3v) is 4.55. The molecule has 0 N–H and O–H groups in total. The van der Waals surface area contributed by atoms with Crippen LogP contribution in [0.5, 0.6) is 5.75 Å². The lowest BCUT2D eigenvalue weighted by Crippen LogP contribution is -2.18. The van der Waals surface area contributed by atoms with E-state index < -0.39 is 0 Å². The van der Waals surface area contributed by atoms with Gasteiger partial charge in [0.05, 0.1) is 24.4 Å². The van der Waals surface area contributed by atoms with E-state index in [4.69, 9.17) is 4.74 Å². The first kappa shape index (κ1) is 17.0. The number of rotatable bonds is 5. The van der Waals surface area contributed by atoms with E-state index in [2.05, 4.69) is 58.1 Å². The Kier molecular flexibility index (Phi) is 4.46. The minimum atomic E-state index is 0.774. The summed E-state index contributed by atoms with van der Waals surface area (Å²) in [5.74, 6) is 1.66. The van der Waals surface area contributed by atoms with Crippen LogP contribution in [0.4, 0.5) is 11.5 Å². The fourth-order valence-corrected chi connectivity index (χ4v) is 3.21. The van der Waals surface area contributed by atoms with Gasteiger partial charge in [-0.1, -0.05) is 12.1 Å². The minimum Gasteiger partial charge on any atom is -0.497 e. The van der Waals surface area contributed by atoms with Gasteiger partial charge in [-0.05, 0) is 55.8 Å². The SMILES string of the molecule is CCN(c1cccc(C)c1)c1ncnc2c1cnn2-c1ccc(OC)cc1. The van der Waals surface area contributed by atoms with E-state index in [1.165, 1.54) is 5.56 Å². The van der Waals surface area contributed by atoms with Crippen molar-refractivity contribution in [2.75, 3.05) is 18.6 Å². The molecule has 6 nitrogen and oxygen atoms in total. The van der Waals surface area contributed by atoms with E-state index in [1.807, 2.05) is 35.1 Å². The zero-order valence-corrected chi connectivity index (χ0v) is 15.6. The number of benzene rings is 2. The molecule has 0 aliphatic heterocycles. The lowest BCUT2D eigenvalue weighted by molar-refractivity contribution is 0.414. The maximum Gasteiger partial charge on any atom is 0.168 e. The predicted molar refractivity (Wildman–Crippen MR) is 107 cm³/mol. The maximum absolute atomic E-state index is 5.24. The first-order valence-corrected chi connectivity index (χ1v) is 8.88. The fourth-order valence-electron chi connectivity index (χ4n) is 3.21. The largest absolute Gasteiger partial charge is 0.497 e. The van der Waals surface area contributed by atoms with Crippen LogP contribution < -0.4 is 9.64 Å². The van der Waals surface area contributed by atoms with E-state index in [0.717, 1.165) is 40.5 Å². The van der Waals surface area contributed by atoms with Crippen LogP contribution in [-0.4, -0.2) is 33.4 Å². The van der Waals surface area contributed by atoms with Gasteiger partial charge >= 0.3 is 0 Å². The van der Waals surface area contributed by atoms with Crippen molar-refractivity contribution < 1.29 is 4.74 Å². The smallest absolute Gasteiger partial charge is 0.168 e. The van der Waals surface area contributed by atoms with Gasteiger partial charge in [0.25, 0.3) is 0 Å². The molecule has 27 heavy (non-hydrogen) atoms. The summed E-state index contributed by atoms with van der Waals surface area (Å²) in [7, 11) is 1.66. The second-order valence-electron chi connectivity index (χ2n) is 6.27. The molecule has 0 saturated carbocycles. The third kappa shape index (κ3) is 3.10. The van der Waals surface area contributed by atoms with Crippen molar-refractivity contribution in [1.82, 2.24) is 19.7 Å². The molecular formula is C21H21N5O. The van der Waals surface area contributed by atoms with Crippen LogP contribution in [0.15, 0.2) is 61.1 Å². The zero-order chi connectivity index (χ0) is 18.8. The van der Waals surface area contributed by atoms with E-state index in [9.17, 15) is 0 Å². The second kappa shape index (κ2) is 7.07. The van der Waals surface area contributed by atoms with Crippen LogP contribution in [0.1, 0.15) is 12.5 Å². The van der Waals surface area contributed by atoms with Gasteiger partial charge in [-0.3, -0.25) is 0 Å². The number of hydrogen-bond donors (Lipinski definition) is 0. The second-order valence-corrected chi connectivity index (χ2v) is 6.27. The van der Waals surface area contributed by atoms with Gasteiger partial charge in [0.1, 0.15) is 17.9 Å². The number of anilines is 2. The highest BCUT2D eigenvalue weighted by Crippen LogP contribution is 2.30. The lowest BCUT2D eigenvalue weighted by atomic mass is 10.2. The molecule has 0 aliphatic carbocycles. The molecule has 6 heteroatoms. The average molecular weight is 359 g/mol. The summed E-state index contributed by atoms with van der Waals surface area (Å²) >= 11 is 0. The normalized spacial score (nSPS) is 10.9. The summed E-state index contributed by atoms with van der Waals surface area (Å²) in [5, 5.41) is 5.47. The Morgan fingerprint density at radius 1 is 1.07 bits per heavy atom. The van der Waals surface area contributed by atoms with Crippen LogP contribution in [0.3, 0.4) is 0 Å². The average Bonchev–Trinajstić information content (AvgIpc) is 3.14. The van der Waals surface area contributed by atoms with E-state index in [-0.39, 0.29) is 0 Å². The molecule has 0 unspecified atom stereocenters.